The molecule has 0 aromatic rings. The minimum Gasteiger partial charge on any atom is -0.393 e. The van der Waals surface area contributed by atoms with Crippen LogP contribution in [0.5, 0.6) is 0 Å². The van der Waals surface area contributed by atoms with Gasteiger partial charge in [0.2, 0.25) is 0 Å². The van der Waals surface area contributed by atoms with Crippen molar-refractivity contribution in [3.05, 3.63) is 23.3 Å². The number of aliphatic hydroxyl groups excluding tert-OH is 2. The molecule has 2 saturated carbocycles. The van der Waals surface area contributed by atoms with Crippen molar-refractivity contribution in [1.82, 2.24) is 0 Å². The van der Waals surface area contributed by atoms with Crippen LogP contribution >= 0.6 is 0 Å². The van der Waals surface area contributed by atoms with Crippen LogP contribution in [0, 0.1) is 10.8 Å². The Kier molecular flexibility index (Phi) is 7.34. The number of hydrogen-bond donors (Lipinski definition) is 2. The van der Waals surface area contributed by atoms with E-state index in [1.54, 1.807) is 5.57 Å². The van der Waals surface area contributed by atoms with Crippen molar-refractivity contribution < 1.29 is 10.2 Å². The molecule has 0 aromatic carbocycles. The molecule has 2 heteroatoms. The van der Waals surface area contributed by atoms with Gasteiger partial charge in [-0.25, -0.2) is 0 Å². The van der Waals surface area contributed by atoms with Crippen LogP contribution in [0.1, 0.15) is 98.3 Å². The van der Waals surface area contributed by atoms with Crippen LogP contribution in [0.15, 0.2) is 23.3 Å². The zero-order valence-corrected chi connectivity index (χ0v) is 17.0. The maximum atomic E-state index is 9.93. The number of hydrogen-bond acceptors (Lipinski definition) is 2. The molecule has 0 aliphatic heterocycles. The Morgan fingerprint density at radius 1 is 1.04 bits per heavy atom. The Labute approximate surface area is 155 Å². The normalized spacial score (nSPS) is 38.2. The summed E-state index contributed by atoms with van der Waals surface area (Å²) in [4.78, 5) is 0. The summed E-state index contributed by atoms with van der Waals surface area (Å²) in [6.45, 7) is 9.63. The van der Waals surface area contributed by atoms with Crippen LogP contribution in [0.3, 0.4) is 0 Å². The number of unbranched alkanes of at least 4 members (excludes halogenated alkanes) is 2. The van der Waals surface area contributed by atoms with Crippen molar-refractivity contribution >= 4 is 0 Å². The molecular weight excluding hydrogens is 308 g/mol. The second-order valence-corrected chi connectivity index (χ2v) is 9.03. The summed E-state index contributed by atoms with van der Waals surface area (Å²) in [6, 6.07) is 0. The van der Waals surface area contributed by atoms with E-state index in [-0.39, 0.29) is 17.6 Å². The maximum Gasteiger partial charge on any atom is 0.0602 e. The Morgan fingerprint density at radius 3 is 2.32 bits per heavy atom. The van der Waals surface area contributed by atoms with Crippen molar-refractivity contribution in [2.75, 3.05) is 0 Å². The summed E-state index contributed by atoms with van der Waals surface area (Å²) in [7, 11) is 0. The van der Waals surface area contributed by atoms with Crippen molar-refractivity contribution in [2.45, 2.75) is 111 Å². The minimum atomic E-state index is -0.378. The molecule has 0 amide bonds. The molecule has 2 rings (SSSR count). The Hall–Kier alpha value is -0.600. The topological polar surface area (TPSA) is 40.5 Å². The fraction of sp³-hybridized carbons (Fsp3) is 0.826. The van der Waals surface area contributed by atoms with Crippen molar-refractivity contribution in [1.29, 1.82) is 0 Å². The van der Waals surface area contributed by atoms with E-state index in [0.717, 1.165) is 12.8 Å². The highest BCUT2D eigenvalue weighted by atomic mass is 16.3. The van der Waals surface area contributed by atoms with E-state index >= 15 is 0 Å². The Bertz CT molecular complexity index is 480. The highest BCUT2D eigenvalue weighted by molar-refractivity contribution is 5.28. The summed E-state index contributed by atoms with van der Waals surface area (Å²) < 4.78 is 0. The summed E-state index contributed by atoms with van der Waals surface area (Å²) in [6.07, 6.45) is 16.0. The van der Waals surface area contributed by atoms with E-state index in [4.69, 9.17) is 0 Å². The van der Waals surface area contributed by atoms with Crippen LogP contribution < -0.4 is 0 Å². The molecule has 0 bridgehead atoms. The maximum absolute atomic E-state index is 9.93. The average Bonchev–Trinajstić information content (AvgIpc) is 2.56. The van der Waals surface area contributed by atoms with Gasteiger partial charge in [-0.3, -0.25) is 0 Å². The van der Waals surface area contributed by atoms with Crippen LogP contribution in [0.2, 0.25) is 0 Å². The molecule has 1 unspecified atom stereocenters. The summed E-state index contributed by atoms with van der Waals surface area (Å²) in [5.74, 6) is 0. The fourth-order valence-electron chi connectivity index (χ4n) is 5.16. The van der Waals surface area contributed by atoms with E-state index < -0.39 is 0 Å². The third kappa shape index (κ3) is 4.77. The molecule has 2 nitrogen and oxygen atoms in total. The first-order valence-electron chi connectivity index (χ1n) is 10.6. The second kappa shape index (κ2) is 8.86. The Balaban J connectivity index is 2.25. The largest absolute Gasteiger partial charge is 0.393 e. The van der Waals surface area contributed by atoms with E-state index in [1.807, 2.05) is 0 Å². The van der Waals surface area contributed by atoms with Gasteiger partial charge in [-0.2, -0.15) is 0 Å². The van der Waals surface area contributed by atoms with Crippen LogP contribution in [-0.2, 0) is 0 Å². The van der Waals surface area contributed by atoms with Gasteiger partial charge in [-0.15, -0.1) is 0 Å². The minimum absolute atomic E-state index is 0.276. The molecule has 0 heterocycles. The van der Waals surface area contributed by atoms with E-state index in [2.05, 4.69) is 39.8 Å². The Morgan fingerprint density at radius 2 is 1.72 bits per heavy atom. The van der Waals surface area contributed by atoms with Gasteiger partial charge in [0.1, 0.15) is 0 Å². The average molecular weight is 349 g/mol. The first-order chi connectivity index (χ1) is 11.8. The molecular formula is C23H40O2. The third-order valence-electron chi connectivity index (χ3n) is 7.34. The lowest BCUT2D eigenvalue weighted by molar-refractivity contribution is 0.0510. The van der Waals surface area contributed by atoms with Crippen molar-refractivity contribution in [3.8, 4) is 0 Å². The van der Waals surface area contributed by atoms with Gasteiger partial charge in [0, 0.05) is 0 Å². The molecule has 2 aliphatic carbocycles. The zero-order chi connectivity index (χ0) is 18.5. The van der Waals surface area contributed by atoms with Crippen LogP contribution in [-0.4, -0.2) is 22.4 Å². The standard InChI is InChI=1S/C23H40O2/c1-5-7-8-14-23(4)19(10-9-13-22(23,3)6-2)12-11-18-15-20(24)17-21(25)16-18/h11-12,20-21,24-25H,5-10,13-17H2,1-4H3/b19-12+/t20-,21-,22+,23?/m1/s1. The predicted molar refractivity (Wildman–Crippen MR) is 107 cm³/mol. The SMILES string of the molecule is CCCCCC1(C)/C(=C/C=C2C[C@@H](O)C[C@H](O)C2)CCC[C@]1(C)CC. The third-order valence-corrected chi connectivity index (χ3v) is 7.34. The fourth-order valence-corrected chi connectivity index (χ4v) is 5.16. The highest BCUT2D eigenvalue weighted by Gasteiger charge is 2.46. The van der Waals surface area contributed by atoms with E-state index in [1.165, 1.54) is 56.9 Å². The van der Waals surface area contributed by atoms with Crippen molar-refractivity contribution in [3.63, 3.8) is 0 Å². The molecule has 2 aliphatic rings. The van der Waals surface area contributed by atoms with E-state index in [0.29, 0.717) is 11.8 Å². The molecule has 2 fully saturated rings. The quantitative estimate of drug-likeness (QED) is 0.584. The van der Waals surface area contributed by atoms with Crippen LogP contribution in [0.25, 0.3) is 0 Å². The molecule has 0 spiro atoms. The smallest absolute Gasteiger partial charge is 0.0602 e. The van der Waals surface area contributed by atoms with Gasteiger partial charge in [0.05, 0.1) is 12.2 Å². The predicted octanol–water partition coefficient (Wildman–Crippen LogP) is 5.93. The molecule has 25 heavy (non-hydrogen) atoms. The lowest BCUT2D eigenvalue weighted by Gasteiger charge is -2.52. The monoisotopic (exact) mass is 348 g/mol. The molecule has 0 radical (unpaired) electrons. The van der Waals surface area contributed by atoms with Gasteiger partial charge in [0.25, 0.3) is 0 Å². The summed E-state index contributed by atoms with van der Waals surface area (Å²) >= 11 is 0. The number of allylic oxidation sites excluding steroid dienone is 3. The zero-order valence-electron chi connectivity index (χ0n) is 17.0. The summed E-state index contributed by atoms with van der Waals surface area (Å²) in [5, 5.41) is 19.9. The molecule has 144 valence electrons. The summed E-state index contributed by atoms with van der Waals surface area (Å²) in [5.41, 5.74) is 3.47. The van der Waals surface area contributed by atoms with Crippen molar-refractivity contribution in [2.24, 2.45) is 10.8 Å². The van der Waals surface area contributed by atoms with E-state index in [9.17, 15) is 10.2 Å². The number of rotatable bonds is 6. The molecule has 4 atom stereocenters. The molecule has 0 saturated heterocycles. The first kappa shape index (κ1) is 20.7. The van der Waals surface area contributed by atoms with Gasteiger partial charge in [-0.1, -0.05) is 70.3 Å². The van der Waals surface area contributed by atoms with Crippen LogP contribution in [0.4, 0.5) is 0 Å². The lowest BCUT2D eigenvalue weighted by Crippen LogP contribution is -2.42. The highest BCUT2D eigenvalue weighted by Crippen LogP contribution is 2.57. The second-order valence-electron chi connectivity index (χ2n) is 9.03. The number of aliphatic hydroxyl groups is 2. The lowest BCUT2D eigenvalue weighted by atomic mass is 9.52. The first-order valence-corrected chi connectivity index (χ1v) is 10.6. The van der Waals surface area contributed by atoms with Gasteiger partial charge < -0.3 is 10.2 Å². The van der Waals surface area contributed by atoms with Gasteiger partial charge in [0.15, 0.2) is 0 Å². The molecule has 0 aromatic heterocycles. The van der Waals surface area contributed by atoms with Gasteiger partial charge >= 0.3 is 0 Å². The molecule has 2 N–H and O–H groups in total. The van der Waals surface area contributed by atoms with Gasteiger partial charge in [-0.05, 0) is 62.2 Å².